The second-order valence-electron chi connectivity index (χ2n) is 5.68. The number of hydrogen-bond acceptors (Lipinski definition) is 7. The maximum atomic E-state index is 6.33. The average Bonchev–Trinajstić information content (AvgIpc) is 3.16. The summed E-state index contributed by atoms with van der Waals surface area (Å²) in [5.74, 6) is 1.38. The highest BCUT2D eigenvalue weighted by molar-refractivity contribution is 6.33. The summed E-state index contributed by atoms with van der Waals surface area (Å²) in [5.41, 5.74) is 2.35. The Labute approximate surface area is 159 Å². The summed E-state index contributed by atoms with van der Waals surface area (Å²) in [5, 5.41) is 20.3. The summed E-state index contributed by atoms with van der Waals surface area (Å²) in [7, 11) is 0. The lowest BCUT2D eigenvalue weighted by molar-refractivity contribution is 0.277. The quantitative estimate of drug-likeness (QED) is 0.526. The standard InChI is InChI=1S/C18H14ClN7O/c1-12-6-5-9-15(20-12)26-16(21-24-25-26)11-27-17-10-14(19)18(23-22-17)13-7-3-2-4-8-13/h2-10H,11H2,1H3. The van der Waals surface area contributed by atoms with Gasteiger partial charge in [0.05, 0.1) is 5.02 Å². The third kappa shape index (κ3) is 3.75. The van der Waals surface area contributed by atoms with Crippen molar-refractivity contribution in [2.45, 2.75) is 13.5 Å². The Morgan fingerprint density at radius 1 is 1.00 bits per heavy atom. The first-order chi connectivity index (χ1) is 13.2. The Morgan fingerprint density at radius 3 is 2.63 bits per heavy atom. The molecule has 0 spiro atoms. The molecule has 0 unspecified atom stereocenters. The minimum absolute atomic E-state index is 0.0956. The van der Waals surface area contributed by atoms with Crippen LogP contribution >= 0.6 is 11.6 Å². The normalized spacial score (nSPS) is 10.7. The summed E-state index contributed by atoms with van der Waals surface area (Å²) >= 11 is 6.33. The van der Waals surface area contributed by atoms with Crippen molar-refractivity contribution in [1.29, 1.82) is 0 Å². The van der Waals surface area contributed by atoms with Crippen molar-refractivity contribution < 1.29 is 4.74 Å². The van der Waals surface area contributed by atoms with E-state index < -0.39 is 0 Å². The van der Waals surface area contributed by atoms with Crippen molar-refractivity contribution in [3.63, 3.8) is 0 Å². The van der Waals surface area contributed by atoms with Crippen molar-refractivity contribution in [2.75, 3.05) is 0 Å². The number of aryl methyl sites for hydroxylation is 1. The monoisotopic (exact) mass is 379 g/mol. The second kappa shape index (κ2) is 7.46. The Balaban J connectivity index is 1.52. The number of hydrogen-bond donors (Lipinski definition) is 0. The zero-order chi connectivity index (χ0) is 18.6. The molecule has 0 amide bonds. The number of halogens is 1. The van der Waals surface area contributed by atoms with Crippen LogP contribution in [0, 0.1) is 6.92 Å². The van der Waals surface area contributed by atoms with Crippen LogP contribution in [0.5, 0.6) is 5.88 Å². The lowest BCUT2D eigenvalue weighted by Gasteiger charge is -2.08. The van der Waals surface area contributed by atoms with E-state index in [9.17, 15) is 0 Å². The Hall–Kier alpha value is -3.39. The molecule has 0 saturated carbocycles. The summed E-state index contributed by atoms with van der Waals surface area (Å²) in [6.07, 6.45) is 0. The fourth-order valence-electron chi connectivity index (χ4n) is 2.47. The van der Waals surface area contributed by atoms with Gasteiger partial charge in [-0.15, -0.1) is 15.3 Å². The maximum absolute atomic E-state index is 6.33. The fourth-order valence-corrected chi connectivity index (χ4v) is 2.71. The molecule has 0 radical (unpaired) electrons. The van der Waals surface area contributed by atoms with Gasteiger partial charge in [0.1, 0.15) is 5.69 Å². The molecule has 0 fully saturated rings. The SMILES string of the molecule is Cc1cccc(-n2nnnc2COc2cc(Cl)c(-c3ccccc3)nn2)n1. The molecule has 0 bridgehead atoms. The molecular formula is C18H14ClN7O. The van der Waals surface area contributed by atoms with Gasteiger partial charge in [0, 0.05) is 17.3 Å². The minimum atomic E-state index is 0.0956. The molecule has 0 aliphatic carbocycles. The smallest absolute Gasteiger partial charge is 0.235 e. The van der Waals surface area contributed by atoms with Crippen LogP contribution in [0.4, 0.5) is 0 Å². The lowest BCUT2D eigenvalue weighted by atomic mass is 10.1. The second-order valence-corrected chi connectivity index (χ2v) is 6.09. The number of nitrogens with zero attached hydrogens (tertiary/aromatic N) is 7. The van der Waals surface area contributed by atoms with Crippen molar-refractivity contribution in [3.05, 3.63) is 71.1 Å². The highest BCUT2D eigenvalue weighted by atomic mass is 35.5. The minimum Gasteiger partial charge on any atom is -0.468 e. The fraction of sp³-hybridized carbons (Fsp3) is 0.111. The third-order valence-corrected chi connectivity index (χ3v) is 4.03. The summed E-state index contributed by atoms with van der Waals surface area (Å²) in [4.78, 5) is 4.41. The van der Waals surface area contributed by atoms with E-state index in [0.29, 0.717) is 22.4 Å². The van der Waals surface area contributed by atoms with Gasteiger partial charge in [0.15, 0.2) is 18.2 Å². The molecule has 0 aliphatic heterocycles. The molecule has 27 heavy (non-hydrogen) atoms. The Morgan fingerprint density at radius 2 is 1.85 bits per heavy atom. The maximum Gasteiger partial charge on any atom is 0.235 e. The number of pyridine rings is 1. The van der Waals surface area contributed by atoms with Crippen LogP contribution in [-0.4, -0.2) is 35.4 Å². The molecule has 4 aromatic rings. The molecule has 3 aromatic heterocycles. The highest BCUT2D eigenvalue weighted by Crippen LogP contribution is 2.27. The van der Waals surface area contributed by atoms with E-state index in [2.05, 4.69) is 30.7 Å². The van der Waals surface area contributed by atoms with Gasteiger partial charge in [0.2, 0.25) is 5.88 Å². The zero-order valence-corrected chi connectivity index (χ0v) is 15.1. The van der Waals surface area contributed by atoms with E-state index in [-0.39, 0.29) is 12.5 Å². The van der Waals surface area contributed by atoms with Gasteiger partial charge >= 0.3 is 0 Å². The largest absolute Gasteiger partial charge is 0.468 e. The first-order valence-corrected chi connectivity index (χ1v) is 8.51. The van der Waals surface area contributed by atoms with Crippen LogP contribution in [0.15, 0.2) is 54.6 Å². The van der Waals surface area contributed by atoms with Gasteiger partial charge in [-0.25, -0.2) is 4.98 Å². The van der Waals surface area contributed by atoms with Crippen LogP contribution < -0.4 is 4.74 Å². The number of rotatable bonds is 5. The predicted octanol–water partition coefficient (Wildman–Crippen LogP) is 3.06. The van der Waals surface area contributed by atoms with E-state index in [1.165, 1.54) is 4.68 Å². The molecule has 1 aromatic carbocycles. The third-order valence-electron chi connectivity index (χ3n) is 3.75. The van der Waals surface area contributed by atoms with Crippen molar-refractivity contribution >= 4 is 11.6 Å². The molecule has 3 heterocycles. The average molecular weight is 380 g/mol. The van der Waals surface area contributed by atoms with Gasteiger partial charge in [0.25, 0.3) is 0 Å². The van der Waals surface area contributed by atoms with Crippen molar-refractivity contribution in [3.8, 4) is 23.0 Å². The Bertz CT molecular complexity index is 1070. The number of ether oxygens (including phenoxy) is 1. The van der Waals surface area contributed by atoms with Crippen molar-refractivity contribution in [1.82, 2.24) is 35.4 Å². The van der Waals surface area contributed by atoms with E-state index in [4.69, 9.17) is 16.3 Å². The molecule has 0 atom stereocenters. The van der Waals surface area contributed by atoms with Crippen molar-refractivity contribution in [2.24, 2.45) is 0 Å². The molecule has 134 valence electrons. The molecular weight excluding hydrogens is 366 g/mol. The predicted molar refractivity (Wildman–Crippen MR) is 98.5 cm³/mol. The molecule has 4 rings (SSSR count). The van der Waals surface area contributed by atoms with Crippen LogP contribution in [0.1, 0.15) is 11.5 Å². The molecule has 0 aliphatic rings. The van der Waals surface area contributed by atoms with Gasteiger partial charge in [-0.2, -0.15) is 4.68 Å². The lowest BCUT2D eigenvalue weighted by Crippen LogP contribution is -2.09. The zero-order valence-electron chi connectivity index (χ0n) is 14.3. The Kier molecular flexibility index (Phi) is 4.71. The first-order valence-electron chi connectivity index (χ1n) is 8.13. The van der Waals surface area contributed by atoms with Crippen LogP contribution in [-0.2, 0) is 6.61 Å². The van der Waals surface area contributed by atoms with Gasteiger partial charge in [-0.1, -0.05) is 48.0 Å². The topological polar surface area (TPSA) is 91.5 Å². The summed E-state index contributed by atoms with van der Waals surface area (Å²) in [6.45, 7) is 1.99. The number of tetrazole rings is 1. The van der Waals surface area contributed by atoms with Gasteiger partial charge < -0.3 is 4.74 Å². The van der Waals surface area contributed by atoms with Gasteiger partial charge in [-0.3, -0.25) is 0 Å². The van der Waals surface area contributed by atoms with E-state index in [1.54, 1.807) is 6.07 Å². The molecule has 8 nitrogen and oxygen atoms in total. The van der Waals surface area contributed by atoms with E-state index >= 15 is 0 Å². The van der Waals surface area contributed by atoms with Crippen LogP contribution in [0.3, 0.4) is 0 Å². The van der Waals surface area contributed by atoms with E-state index in [0.717, 1.165) is 11.3 Å². The summed E-state index contributed by atoms with van der Waals surface area (Å²) in [6, 6.07) is 16.8. The van der Waals surface area contributed by atoms with E-state index in [1.807, 2.05) is 55.5 Å². The number of aromatic nitrogens is 7. The molecule has 0 saturated heterocycles. The number of benzene rings is 1. The molecule has 9 heteroatoms. The first kappa shape index (κ1) is 17.0. The van der Waals surface area contributed by atoms with Gasteiger partial charge in [-0.05, 0) is 29.5 Å². The van der Waals surface area contributed by atoms with Crippen LogP contribution in [0.25, 0.3) is 17.1 Å². The molecule has 0 N–H and O–H groups in total. The highest BCUT2D eigenvalue weighted by Gasteiger charge is 2.13. The summed E-state index contributed by atoms with van der Waals surface area (Å²) < 4.78 is 7.18. The van der Waals surface area contributed by atoms with Crippen LogP contribution in [0.2, 0.25) is 5.02 Å².